The highest BCUT2D eigenvalue weighted by molar-refractivity contribution is 5.77. The van der Waals surface area contributed by atoms with Gasteiger partial charge in [0.2, 0.25) is 5.91 Å². The van der Waals surface area contributed by atoms with Crippen LogP contribution in [0.15, 0.2) is 18.2 Å². The molecule has 1 aliphatic heterocycles. The number of rotatable bonds is 2. The monoisotopic (exact) mass is 231 g/mol. The molecule has 3 heteroatoms. The van der Waals surface area contributed by atoms with Crippen LogP contribution in [0, 0.1) is 6.07 Å². The number of fused-ring (bicyclic) bond motifs is 1. The predicted molar refractivity (Wildman–Crippen MR) is 67.8 cm³/mol. The summed E-state index contributed by atoms with van der Waals surface area (Å²) in [5.41, 5.74) is 2.79. The average Bonchev–Trinajstić information content (AvgIpc) is 2.52. The summed E-state index contributed by atoms with van der Waals surface area (Å²) in [6.45, 7) is 2.46. The molecule has 2 rings (SSSR count). The van der Waals surface area contributed by atoms with E-state index in [1.54, 1.807) is 4.90 Å². The Morgan fingerprint density at radius 1 is 1.35 bits per heavy atom. The molecule has 0 aromatic heterocycles. The van der Waals surface area contributed by atoms with E-state index in [2.05, 4.69) is 23.1 Å². The van der Waals surface area contributed by atoms with E-state index >= 15 is 0 Å². The Balaban J connectivity index is 1.97. The van der Waals surface area contributed by atoms with Crippen molar-refractivity contribution in [2.75, 3.05) is 33.7 Å². The summed E-state index contributed by atoms with van der Waals surface area (Å²) in [5.74, 6) is 0.183. The van der Waals surface area contributed by atoms with Crippen LogP contribution in [0.5, 0.6) is 0 Å². The van der Waals surface area contributed by atoms with Crippen molar-refractivity contribution in [1.82, 2.24) is 9.80 Å². The second kappa shape index (κ2) is 5.32. The third-order valence-corrected chi connectivity index (χ3v) is 3.30. The van der Waals surface area contributed by atoms with Crippen LogP contribution in [0.2, 0.25) is 0 Å². The number of hydrogen-bond acceptors (Lipinski definition) is 2. The van der Waals surface area contributed by atoms with E-state index in [9.17, 15) is 4.79 Å². The summed E-state index contributed by atoms with van der Waals surface area (Å²) < 4.78 is 0. The van der Waals surface area contributed by atoms with Crippen molar-refractivity contribution in [1.29, 1.82) is 0 Å². The normalized spacial score (nSPS) is 16.1. The highest BCUT2D eigenvalue weighted by atomic mass is 16.2. The minimum Gasteiger partial charge on any atom is -0.348 e. The third-order valence-electron chi connectivity index (χ3n) is 3.30. The van der Waals surface area contributed by atoms with Crippen LogP contribution in [-0.4, -0.2) is 49.4 Å². The number of likely N-dealkylation sites (N-methyl/N-ethyl adjacent to an activating group) is 1. The molecule has 0 saturated carbocycles. The van der Waals surface area contributed by atoms with Crippen molar-refractivity contribution < 1.29 is 4.79 Å². The van der Waals surface area contributed by atoms with E-state index < -0.39 is 0 Å². The standard InChI is InChI=1S/C14H19N2O/c1-15(2)14(17)11-16-9-7-12-5-3-4-6-13(12)8-10-16/h3,5-6H,7-11H2,1-2H3. The first-order valence-electron chi connectivity index (χ1n) is 6.07. The quantitative estimate of drug-likeness (QED) is 0.757. The SMILES string of the molecule is CN(C)C(=O)CN1CCc2c[c]ccc2CC1. The van der Waals surface area contributed by atoms with Crippen molar-refractivity contribution in [2.24, 2.45) is 0 Å². The Bertz CT molecular complexity index is 374. The van der Waals surface area contributed by atoms with Crippen molar-refractivity contribution in [2.45, 2.75) is 12.8 Å². The second-order valence-electron chi connectivity index (χ2n) is 4.76. The Kier molecular flexibility index (Phi) is 3.79. The molecular formula is C14H19N2O. The summed E-state index contributed by atoms with van der Waals surface area (Å²) >= 11 is 0. The minimum atomic E-state index is 0.183. The maximum absolute atomic E-state index is 11.7. The van der Waals surface area contributed by atoms with Gasteiger partial charge in [-0.3, -0.25) is 9.69 Å². The Labute approximate surface area is 103 Å². The summed E-state index contributed by atoms with van der Waals surface area (Å²) in [6.07, 6.45) is 2.05. The minimum absolute atomic E-state index is 0.183. The van der Waals surface area contributed by atoms with E-state index in [0.29, 0.717) is 6.54 Å². The van der Waals surface area contributed by atoms with Gasteiger partial charge in [-0.2, -0.15) is 0 Å². The van der Waals surface area contributed by atoms with Crippen LogP contribution < -0.4 is 0 Å². The van der Waals surface area contributed by atoms with Gasteiger partial charge in [0, 0.05) is 27.2 Å². The van der Waals surface area contributed by atoms with E-state index in [0.717, 1.165) is 25.9 Å². The lowest BCUT2D eigenvalue weighted by Gasteiger charge is -2.21. The summed E-state index contributed by atoms with van der Waals surface area (Å²) in [5, 5.41) is 0. The van der Waals surface area contributed by atoms with Gasteiger partial charge in [-0.05, 0) is 30.0 Å². The van der Waals surface area contributed by atoms with Crippen LogP contribution in [0.1, 0.15) is 11.1 Å². The molecule has 0 spiro atoms. The lowest BCUT2D eigenvalue weighted by molar-refractivity contribution is -0.129. The van der Waals surface area contributed by atoms with Gasteiger partial charge >= 0.3 is 0 Å². The van der Waals surface area contributed by atoms with Crippen LogP contribution in [0.3, 0.4) is 0 Å². The number of carbonyl (C=O) groups is 1. The van der Waals surface area contributed by atoms with Gasteiger partial charge in [0.05, 0.1) is 6.54 Å². The van der Waals surface area contributed by atoms with Crippen LogP contribution in [-0.2, 0) is 17.6 Å². The van der Waals surface area contributed by atoms with Gasteiger partial charge < -0.3 is 4.90 Å². The zero-order valence-electron chi connectivity index (χ0n) is 10.6. The topological polar surface area (TPSA) is 23.6 Å². The number of carbonyl (C=O) groups excluding carboxylic acids is 1. The predicted octanol–water partition coefficient (Wildman–Crippen LogP) is 0.976. The number of hydrogen-bond donors (Lipinski definition) is 0. The molecule has 17 heavy (non-hydrogen) atoms. The van der Waals surface area contributed by atoms with E-state index in [1.807, 2.05) is 20.2 Å². The molecule has 3 nitrogen and oxygen atoms in total. The molecule has 1 aliphatic rings. The summed E-state index contributed by atoms with van der Waals surface area (Å²) in [7, 11) is 3.62. The summed E-state index contributed by atoms with van der Waals surface area (Å²) in [4.78, 5) is 15.6. The van der Waals surface area contributed by atoms with Crippen LogP contribution in [0.25, 0.3) is 0 Å². The van der Waals surface area contributed by atoms with Gasteiger partial charge in [-0.15, -0.1) is 0 Å². The number of amides is 1. The van der Waals surface area contributed by atoms with Crippen LogP contribution >= 0.6 is 0 Å². The Morgan fingerprint density at radius 2 is 2.06 bits per heavy atom. The molecule has 0 saturated heterocycles. The first-order chi connectivity index (χ1) is 8.16. The van der Waals surface area contributed by atoms with Gasteiger partial charge in [0.15, 0.2) is 0 Å². The zero-order chi connectivity index (χ0) is 12.3. The molecule has 1 heterocycles. The number of nitrogens with zero attached hydrogens (tertiary/aromatic N) is 2. The average molecular weight is 231 g/mol. The molecule has 0 fully saturated rings. The molecule has 1 amide bonds. The largest absolute Gasteiger partial charge is 0.348 e. The maximum atomic E-state index is 11.7. The summed E-state index contributed by atoms with van der Waals surface area (Å²) in [6, 6.07) is 9.32. The second-order valence-corrected chi connectivity index (χ2v) is 4.76. The molecule has 0 atom stereocenters. The number of benzene rings is 1. The molecule has 0 unspecified atom stereocenters. The fraction of sp³-hybridized carbons (Fsp3) is 0.500. The van der Waals surface area contributed by atoms with Gasteiger partial charge in [-0.1, -0.05) is 18.2 Å². The first-order valence-corrected chi connectivity index (χ1v) is 6.07. The molecule has 0 bridgehead atoms. The molecule has 0 N–H and O–H groups in total. The van der Waals surface area contributed by atoms with Crippen LogP contribution in [0.4, 0.5) is 0 Å². The molecule has 1 radical (unpaired) electrons. The Morgan fingerprint density at radius 3 is 2.76 bits per heavy atom. The highest BCUT2D eigenvalue weighted by Gasteiger charge is 2.16. The fourth-order valence-corrected chi connectivity index (χ4v) is 2.13. The zero-order valence-corrected chi connectivity index (χ0v) is 10.6. The smallest absolute Gasteiger partial charge is 0.236 e. The van der Waals surface area contributed by atoms with Gasteiger partial charge in [0.25, 0.3) is 0 Å². The Hall–Kier alpha value is -1.35. The maximum Gasteiger partial charge on any atom is 0.236 e. The van der Waals surface area contributed by atoms with Gasteiger partial charge in [0.1, 0.15) is 0 Å². The van der Waals surface area contributed by atoms with Crippen molar-refractivity contribution in [3.63, 3.8) is 0 Å². The third kappa shape index (κ3) is 3.07. The lowest BCUT2D eigenvalue weighted by atomic mass is 10.0. The molecule has 1 aromatic rings. The van der Waals surface area contributed by atoms with Crippen molar-refractivity contribution in [3.05, 3.63) is 35.4 Å². The van der Waals surface area contributed by atoms with E-state index in [-0.39, 0.29) is 5.91 Å². The lowest BCUT2D eigenvalue weighted by Crippen LogP contribution is -2.37. The fourth-order valence-electron chi connectivity index (χ4n) is 2.13. The van der Waals surface area contributed by atoms with Crippen molar-refractivity contribution in [3.8, 4) is 0 Å². The van der Waals surface area contributed by atoms with E-state index in [4.69, 9.17) is 0 Å². The molecular weight excluding hydrogens is 212 g/mol. The molecule has 1 aromatic carbocycles. The molecule has 91 valence electrons. The molecule has 0 aliphatic carbocycles. The first kappa shape index (κ1) is 12.1. The van der Waals surface area contributed by atoms with Gasteiger partial charge in [-0.25, -0.2) is 0 Å². The van der Waals surface area contributed by atoms with Crippen molar-refractivity contribution >= 4 is 5.91 Å². The van der Waals surface area contributed by atoms with E-state index in [1.165, 1.54) is 11.1 Å². The highest BCUT2D eigenvalue weighted by Crippen LogP contribution is 2.15.